The fourth-order valence-electron chi connectivity index (χ4n) is 2.12. The van der Waals surface area contributed by atoms with Crippen LogP contribution in [0.3, 0.4) is 0 Å². The van der Waals surface area contributed by atoms with E-state index in [1.54, 1.807) is 0 Å². The number of pyridine rings is 1. The summed E-state index contributed by atoms with van der Waals surface area (Å²) >= 11 is 0.123. The summed E-state index contributed by atoms with van der Waals surface area (Å²) < 4.78 is 66.6. The minimum atomic E-state index is -4.87. The van der Waals surface area contributed by atoms with Crippen molar-refractivity contribution >= 4 is 17.7 Å². The SMILES string of the molecule is CN(Cc1ccccc1OC(F)(F)F)C(=O)c1cccnc1SC(F)F. The largest absolute Gasteiger partial charge is 0.573 e. The van der Waals surface area contributed by atoms with E-state index in [1.807, 2.05) is 0 Å². The fraction of sp³-hybridized carbons (Fsp3) is 0.250. The number of amides is 1. The molecule has 26 heavy (non-hydrogen) atoms. The van der Waals surface area contributed by atoms with Gasteiger partial charge in [0.15, 0.2) is 0 Å². The van der Waals surface area contributed by atoms with Gasteiger partial charge in [-0.25, -0.2) is 4.98 Å². The number of para-hydroxylation sites is 1. The molecule has 0 aliphatic rings. The minimum absolute atomic E-state index is 0.0606. The first-order valence-electron chi connectivity index (χ1n) is 7.16. The molecule has 0 unspecified atom stereocenters. The summed E-state index contributed by atoms with van der Waals surface area (Å²) in [5, 5.41) is -0.154. The summed E-state index contributed by atoms with van der Waals surface area (Å²) in [6, 6.07) is 8.11. The molecule has 0 saturated heterocycles. The highest BCUT2D eigenvalue weighted by Gasteiger charge is 2.32. The first kappa shape index (κ1) is 20.0. The molecule has 0 aliphatic heterocycles. The first-order chi connectivity index (χ1) is 12.2. The molecule has 0 aliphatic carbocycles. The van der Waals surface area contributed by atoms with Crippen LogP contribution in [0, 0.1) is 0 Å². The molecule has 0 radical (unpaired) electrons. The highest BCUT2D eigenvalue weighted by molar-refractivity contribution is 7.99. The van der Waals surface area contributed by atoms with Crippen LogP contribution in [0.15, 0.2) is 47.6 Å². The number of hydrogen-bond acceptors (Lipinski definition) is 4. The van der Waals surface area contributed by atoms with E-state index >= 15 is 0 Å². The third kappa shape index (κ3) is 5.58. The van der Waals surface area contributed by atoms with E-state index in [9.17, 15) is 26.7 Å². The molecule has 4 nitrogen and oxygen atoms in total. The highest BCUT2D eigenvalue weighted by Crippen LogP contribution is 2.29. The zero-order valence-electron chi connectivity index (χ0n) is 13.3. The van der Waals surface area contributed by atoms with Gasteiger partial charge in [-0.3, -0.25) is 4.79 Å². The maximum atomic E-state index is 12.6. The fourth-order valence-corrected chi connectivity index (χ4v) is 2.70. The van der Waals surface area contributed by atoms with Crippen LogP contribution >= 0.6 is 11.8 Å². The van der Waals surface area contributed by atoms with E-state index < -0.39 is 23.8 Å². The first-order valence-corrected chi connectivity index (χ1v) is 8.04. The molecule has 1 aromatic heterocycles. The van der Waals surface area contributed by atoms with E-state index in [0.717, 1.165) is 11.0 Å². The second kappa shape index (κ2) is 8.35. The van der Waals surface area contributed by atoms with Crippen LogP contribution in [0.2, 0.25) is 0 Å². The third-order valence-electron chi connectivity index (χ3n) is 3.15. The number of benzene rings is 1. The zero-order chi connectivity index (χ0) is 19.3. The molecule has 2 rings (SSSR count). The summed E-state index contributed by atoms with van der Waals surface area (Å²) in [7, 11) is 1.34. The number of carbonyl (C=O) groups is 1. The summed E-state index contributed by atoms with van der Waals surface area (Å²) in [6.07, 6.45) is -3.60. The molecule has 0 bridgehead atoms. The lowest BCUT2D eigenvalue weighted by Crippen LogP contribution is -2.28. The summed E-state index contributed by atoms with van der Waals surface area (Å²) in [4.78, 5) is 17.4. The molecule has 0 spiro atoms. The van der Waals surface area contributed by atoms with Gasteiger partial charge in [0.25, 0.3) is 11.7 Å². The molecule has 1 heterocycles. The molecule has 0 N–H and O–H groups in total. The van der Waals surface area contributed by atoms with Crippen molar-refractivity contribution in [2.45, 2.75) is 23.7 Å². The van der Waals surface area contributed by atoms with Gasteiger partial charge in [0.2, 0.25) is 0 Å². The summed E-state index contributed by atoms with van der Waals surface area (Å²) in [5.74, 6) is -3.85. The summed E-state index contributed by atoms with van der Waals surface area (Å²) in [6.45, 7) is -0.210. The molecule has 140 valence electrons. The van der Waals surface area contributed by atoms with Crippen LogP contribution in [-0.4, -0.2) is 35.0 Å². The minimum Gasteiger partial charge on any atom is -0.405 e. The molecular weight excluding hydrogens is 379 g/mol. The van der Waals surface area contributed by atoms with E-state index in [4.69, 9.17) is 0 Å². The van der Waals surface area contributed by atoms with Gasteiger partial charge in [0.05, 0.1) is 5.56 Å². The van der Waals surface area contributed by atoms with Gasteiger partial charge >= 0.3 is 6.36 Å². The van der Waals surface area contributed by atoms with Gasteiger partial charge in [-0.1, -0.05) is 18.2 Å². The van der Waals surface area contributed by atoms with Crippen molar-refractivity contribution in [2.24, 2.45) is 0 Å². The Balaban J connectivity index is 2.21. The maximum Gasteiger partial charge on any atom is 0.573 e. The highest BCUT2D eigenvalue weighted by atomic mass is 32.2. The van der Waals surface area contributed by atoms with Gasteiger partial charge in [0.1, 0.15) is 10.8 Å². The number of aromatic nitrogens is 1. The molecule has 0 atom stereocenters. The van der Waals surface area contributed by atoms with E-state index in [2.05, 4.69) is 9.72 Å². The molecule has 1 amide bonds. The van der Waals surface area contributed by atoms with Crippen LogP contribution in [-0.2, 0) is 6.54 Å². The van der Waals surface area contributed by atoms with E-state index in [-0.39, 0.29) is 34.5 Å². The molecule has 10 heteroatoms. The van der Waals surface area contributed by atoms with Gasteiger partial charge in [0, 0.05) is 25.4 Å². The Morgan fingerprint density at radius 1 is 1.23 bits per heavy atom. The van der Waals surface area contributed by atoms with Gasteiger partial charge in [-0.15, -0.1) is 13.2 Å². The standard InChI is InChI=1S/C16H13F5N2O2S/c1-23(9-10-5-2-3-7-12(10)25-16(19,20)21)14(24)11-6-4-8-22-13(11)26-15(17)18/h2-8,15H,9H2,1H3. The Morgan fingerprint density at radius 2 is 1.92 bits per heavy atom. The zero-order valence-corrected chi connectivity index (χ0v) is 14.2. The predicted octanol–water partition coefficient (Wildman–Crippen LogP) is 4.57. The number of ether oxygens (including phenoxy) is 1. The van der Waals surface area contributed by atoms with E-state index in [0.29, 0.717) is 0 Å². The van der Waals surface area contributed by atoms with Gasteiger partial charge in [-0.2, -0.15) is 8.78 Å². The second-order valence-corrected chi connectivity index (χ2v) is 6.03. The number of halogens is 5. The van der Waals surface area contributed by atoms with Crippen LogP contribution in [0.25, 0.3) is 0 Å². The third-order valence-corrected chi connectivity index (χ3v) is 3.88. The quantitative estimate of drug-likeness (QED) is 0.534. The Kier molecular flexibility index (Phi) is 6.41. The Morgan fingerprint density at radius 3 is 2.58 bits per heavy atom. The molecular formula is C16H13F5N2O2S. The van der Waals surface area contributed by atoms with Gasteiger partial charge < -0.3 is 9.64 Å². The monoisotopic (exact) mass is 392 g/mol. The predicted molar refractivity (Wildman–Crippen MR) is 85.0 cm³/mol. The summed E-state index contributed by atoms with van der Waals surface area (Å²) in [5.41, 5.74) is 0.0575. The Bertz CT molecular complexity index is 770. The number of rotatable bonds is 6. The normalized spacial score (nSPS) is 11.5. The van der Waals surface area contributed by atoms with Crippen LogP contribution in [0.1, 0.15) is 15.9 Å². The van der Waals surface area contributed by atoms with E-state index in [1.165, 1.54) is 43.6 Å². The number of nitrogens with zero attached hydrogens (tertiary/aromatic N) is 2. The average molecular weight is 392 g/mol. The van der Waals surface area contributed by atoms with Crippen molar-refractivity contribution in [3.8, 4) is 5.75 Å². The maximum absolute atomic E-state index is 12.6. The Hall–Kier alpha value is -2.36. The van der Waals surface area contributed by atoms with Crippen molar-refractivity contribution in [3.05, 3.63) is 53.7 Å². The average Bonchev–Trinajstić information content (AvgIpc) is 2.54. The number of alkyl halides is 5. The Labute approximate surface area is 150 Å². The second-order valence-electron chi connectivity index (χ2n) is 5.05. The molecule has 2 aromatic rings. The number of hydrogen-bond donors (Lipinski definition) is 0. The van der Waals surface area contributed by atoms with Crippen LogP contribution in [0.4, 0.5) is 22.0 Å². The lowest BCUT2D eigenvalue weighted by Gasteiger charge is -2.20. The van der Waals surface area contributed by atoms with Gasteiger partial charge in [-0.05, 0) is 30.0 Å². The number of carbonyl (C=O) groups excluding carboxylic acids is 1. The molecule has 0 saturated carbocycles. The lowest BCUT2D eigenvalue weighted by molar-refractivity contribution is -0.275. The molecule has 1 aromatic carbocycles. The lowest BCUT2D eigenvalue weighted by atomic mass is 10.1. The van der Waals surface area contributed by atoms with Crippen LogP contribution < -0.4 is 4.74 Å². The number of thioether (sulfide) groups is 1. The van der Waals surface area contributed by atoms with Crippen molar-refractivity contribution in [1.82, 2.24) is 9.88 Å². The smallest absolute Gasteiger partial charge is 0.405 e. The topological polar surface area (TPSA) is 42.4 Å². The van der Waals surface area contributed by atoms with Crippen LogP contribution in [0.5, 0.6) is 5.75 Å². The van der Waals surface area contributed by atoms with Crippen molar-refractivity contribution < 1.29 is 31.5 Å². The van der Waals surface area contributed by atoms with Crippen molar-refractivity contribution in [3.63, 3.8) is 0 Å². The van der Waals surface area contributed by atoms with Crippen molar-refractivity contribution in [2.75, 3.05) is 7.05 Å². The van der Waals surface area contributed by atoms with Crippen molar-refractivity contribution in [1.29, 1.82) is 0 Å². The molecule has 0 fully saturated rings.